The second kappa shape index (κ2) is 7.98. The summed E-state index contributed by atoms with van der Waals surface area (Å²) >= 11 is 0. The van der Waals surface area contributed by atoms with Crippen molar-refractivity contribution in [1.82, 2.24) is 10.2 Å². The Morgan fingerprint density at radius 2 is 1.81 bits per heavy atom. The number of rotatable bonds is 9. The van der Waals surface area contributed by atoms with Gasteiger partial charge in [-0.25, -0.2) is 0 Å². The van der Waals surface area contributed by atoms with Gasteiger partial charge in [0, 0.05) is 12.1 Å². The maximum absolute atomic E-state index is 12.7. The van der Waals surface area contributed by atoms with Crippen LogP contribution in [0.2, 0.25) is 0 Å². The van der Waals surface area contributed by atoms with Gasteiger partial charge in [0.15, 0.2) is 0 Å². The molecule has 21 heavy (non-hydrogen) atoms. The van der Waals surface area contributed by atoms with Crippen LogP contribution in [-0.2, 0) is 4.79 Å². The fraction of sp³-hybridized carbons (Fsp3) is 0.929. The molecule has 0 aliphatic rings. The molecule has 0 saturated carbocycles. The van der Waals surface area contributed by atoms with Gasteiger partial charge in [-0.1, -0.05) is 6.92 Å². The number of halogens is 3. The number of hydrogen-bond acceptors (Lipinski definition) is 3. The summed E-state index contributed by atoms with van der Waals surface area (Å²) in [6.07, 6.45) is -3.22. The zero-order chi connectivity index (χ0) is 16.8. The Balaban J connectivity index is 4.99. The number of carbonyl (C=O) groups is 1. The second-order valence-corrected chi connectivity index (χ2v) is 6.06. The number of primary amides is 1. The third-order valence-electron chi connectivity index (χ3n) is 3.60. The molecule has 0 radical (unpaired) electrons. The molecule has 0 saturated heterocycles. The first-order chi connectivity index (χ1) is 9.43. The molecule has 2 atom stereocenters. The van der Waals surface area contributed by atoms with Crippen molar-refractivity contribution in [2.45, 2.75) is 71.3 Å². The first-order valence-electron chi connectivity index (χ1n) is 7.30. The first kappa shape index (κ1) is 20.2. The Morgan fingerprint density at radius 1 is 1.29 bits per heavy atom. The van der Waals surface area contributed by atoms with E-state index in [4.69, 9.17) is 5.73 Å². The highest BCUT2D eigenvalue weighted by molar-refractivity contribution is 5.84. The van der Waals surface area contributed by atoms with E-state index in [1.165, 1.54) is 4.90 Å². The zero-order valence-corrected chi connectivity index (χ0v) is 13.5. The molecule has 2 unspecified atom stereocenters. The van der Waals surface area contributed by atoms with Crippen molar-refractivity contribution in [2.24, 2.45) is 5.73 Å². The Labute approximate surface area is 125 Å². The normalized spacial score (nSPS) is 17.0. The van der Waals surface area contributed by atoms with Gasteiger partial charge >= 0.3 is 6.18 Å². The highest BCUT2D eigenvalue weighted by Gasteiger charge is 2.38. The molecule has 0 spiro atoms. The van der Waals surface area contributed by atoms with Gasteiger partial charge in [0.25, 0.3) is 0 Å². The summed E-state index contributed by atoms with van der Waals surface area (Å²) in [6.45, 7) is 8.31. The summed E-state index contributed by atoms with van der Waals surface area (Å²) < 4.78 is 38.0. The number of nitrogens with zero attached hydrogens (tertiary/aromatic N) is 1. The fourth-order valence-corrected chi connectivity index (χ4v) is 2.42. The van der Waals surface area contributed by atoms with Gasteiger partial charge in [0.05, 0.1) is 12.1 Å². The van der Waals surface area contributed by atoms with Crippen LogP contribution in [-0.4, -0.2) is 47.7 Å². The van der Waals surface area contributed by atoms with E-state index < -0.39 is 30.2 Å². The molecule has 1 amide bonds. The van der Waals surface area contributed by atoms with E-state index in [2.05, 4.69) is 5.32 Å². The van der Waals surface area contributed by atoms with Crippen LogP contribution in [0.4, 0.5) is 13.2 Å². The van der Waals surface area contributed by atoms with Crippen LogP contribution in [0.25, 0.3) is 0 Å². The zero-order valence-electron chi connectivity index (χ0n) is 13.5. The largest absolute Gasteiger partial charge is 0.401 e. The third kappa shape index (κ3) is 7.13. The molecule has 3 N–H and O–H groups in total. The van der Waals surface area contributed by atoms with Gasteiger partial charge in [0.1, 0.15) is 0 Å². The van der Waals surface area contributed by atoms with E-state index in [1.807, 2.05) is 6.92 Å². The lowest BCUT2D eigenvalue weighted by Gasteiger charge is -2.38. The molecule has 0 aromatic carbocycles. The highest BCUT2D eigenvalue weighted by Crippen LogP contribution is 2.24. The smallest absolute Gasteiger partial charge is 0.368 e. The second-order valence-electron chi connectivity index (χ2n) is 6.06. The van der Waals surface area contributed by atoms with E-state index >= 15 is 0 Å². The molecule has 0 aliphatic heterocycles. The minimum atomic E-state index is -4.27. The lowest BCUT2D eigenvalue weighted by atomic mass is 9.91. The molecule has 0 rings (SSSR count). The summed E-state index contributed by atoms with van der Waals surface area (Å²) in [5.74, 6) is -0.543. The van der Waals surface area contributed by atoms with Crippen LogP contribution in [0.15, 0.2) is 0 Å². The predicted molar refractivity (Wildman–Crippen MR) is 77.9 cm³/mol. The molecular weight excluding hydrogens is 283 g/mol. The number of amides is 1. The first-order valence-corrected chi connectivity index (χ1v) is 7.30. The van der Waals surface area contributed by atoms with Crippen molar-refractivity contribution in [3.05, 3.63) is 0 Å². The van der Waals surface area contributed by atoms with E-state index in [0.29, 0.717) is 6.54 Å². The number of hydrogen-bond donors (Lipinski definition) is 2. The van der Waals surface area contributed by atoms with Crippen molar-refractivity contribution in [3.63, 3.8) is 0 Å². The Kier molecular flexibility index (Phi) is 7.67. The van der Waals surface area contributed by atoms with Crippen molar-refractivity contribution in [2.75, 3.05) is 13.1 Å². The Morgan fingerprint density at radius 3 is 2.14 bits per heavy atom. The number of nitrogens with one attached hydrogen (secondary N) is 1. The van der Waals surface area contributed by atoms with E-state index in [-0.39, 0.29) is 12.5 Å². The fourth-order valence-electron chi connectivity index (χ4n) is 2.42. The maximum Gasteiger partial charge on any atom is 0.401 e. The van der Waals surface area contributed by atoms with Crippen LogP contribution in [0.1, 0.15) is 47.5 Å². The van der Waals surface area contributed by atoms with Gasteiger partial charge in [-0.2, -0.15) is 13.2 Å². The maximum atomic E-state index is 12.7. The standard InChI is InChI=1S/C14H28F3N3O/c1-6-7-19-13(5,12(18)21)8-11(4)20(10(2)3)9-14(15,16)17/h10-11,19H,6-9H2,1-5H3,(H2,18,21). The van der Waals surface area contributed by atoms with Gasteiger partial charge in [-0.15, -0.1) is 0 Å². The molecule has 0 aromatic rings. The average Bonchev–Trinajstić information content (AvgIpc) is 2.31. The van der Waals surface area contributed by atoms with E-state index in [0.717, 1.165) is 6.42 Å². The Bertz CT molecular complexity index is 334. The third-order valence-corrected chi connectivity index (χ3v) is 3.60. The van der Waals surface area contributed by atoms with Crippen LogP contribution in [0, 0.1) is 0 Å². The minimum Gasteiger partial charge on any atom is -0.368 e. The summed E-state index contributed by atoms with van der Waals surface area (Å²) in [6, 6.07) is -0.696. The van der Waals surface area contributed by atoms with Gasteiger partial charge < -0.3 is 11.1 Å². The van der Waals surface area contributed by atoms with Crippen LogP contribution in [0.5, 0.6) is 0 Å². The molecule has 0 fully saturated rings. The van der Waals surface area contributed by atoms with Crippen molar-refractivity contribution < 1.29 is 18.0 Å². The molecule has 0 aromatic heterocycles. The van der Waals surface area contributed by atoms with Crippen molar-refractivity contribution in [1.29, 1.82) is 0 Å². The van der Waals surface area contributed by atoms with Gasteiger partial charge in [-0.05, 0) is 47.1 Å². The molecule has 0 heterocycles. The van der Waals surface area contributed by atoms with Crippen LogP contribution in [0.3, 0.4) is 0 Å². The van der Waals surface area contributed by atoms with E-state index in [9.17, 15) is 18.0 Å². The number of alkyl halides is 3. The number of carbonyl (C=O) groups excluding carboxylic acids is 1. The molecule has 126 valence electrons. The van der Waals surface area contributed by atoms with Gasteiger partial charge in [0.2, 0.25) is 5.91 Å². The molecule has 7 heteroatoms. The topological polar surface area (TPSA) is 58.4 Å². The van der Waals surface area contributed by atoms with Gasteiger partial charge in [-0.3, -0.25) is 9.69 Å². The lowest BCUT2D eigenvalue weighted by molar-refractivity contribution is -0.155. The van der Waals surface area contributed by atoms with E-state index in [1.54, 1.807) is 27.7 Å². The summed E-state index contributed by atoms with van der Waals surface area (Å²) in [5, 5.41) is 3.05. The Hall–Kier alpha value is -0.820. The summed E-state index contributed by atoms with van der Waals surface area (Å²) in [7, 11) is 0. The van der Waals surface area contributed by atoms with Crippen molar-refractivity contribution in [3.8, 4) is 0 Å². The quantitative estimate of drug-likeness (QED) is 0.687. The molecular formula is C14H28F3N3O. The average molecular weight is 311 g/mol. The SMILES string of the molecule is CCCNC(C)(CC(C)N(CC(F)(F)F)C(C)C)C(N)=O. The predicted octanol–water partition coefficient (Wildman–Crippen LogP) is 2.28. The molecule has 4 nitrogen and oxygen atoms in total. The summed E-state index contributed by atoms with van der Waals surface area (Å²) in [4.78, 5) is 13.0. The van der Waals surface area contributed by atoms with Crippen LogP contribution >= 0.6 is 0 Å². The highest BCUT2D eigenvalue weighted by atomic mass is 19.4. The van der Waals surface area contributed by atoms with Crippen molar-refractivity contribution >= 4 is 5.91 Å². The minimum absolute atomic E-state index is 0.233. The number of nitrogens with two attached hydrogens (primary N) is 1. The molecule has 0 aliphatic carbocycles. The lowest BCUT2D eigenvalue weighted by Crippen LogP contribution is -2.57. The monoisotopic (exact) mass is 311 g/mol. The van der Waals surface area contributed by atoms with Crippen LogP contribution < -0.4 is 11.1 Å². The molecule has 0 bridgehead atoms. The summed E-state index contributed by atoms with van der Waals surface area (Å²) in [5.41, 5.74) is 4.42.